The lowest BCUT2D eigenvalue weighted by atomic mass is 10.0. The quantitative estimate of drug-likeness (QED) is 0.852. The van der Waals surface area contributed by atoms with Crippen molar-refractivity contribution in [3.05, 3.63) is 36.0 Å². The van der Waals surface area contributed by atoms with E-state index >= 15 is 0 Å². The third-order valence-corrected chi connectivity index (χ3v) is 3.84. The van der Waals surface area contributed by atoms with Gasteiger partial charge >= 0.3 is 0 Å². The monoisotopic (exact) mass is 246 g/mol. The second-order valence-corrected chi connectivity index (χ2v) is 5.12. The number of fused-ring (bicyclic) bond motifs is 1. The van der Waals surface area contributed by atoms with E-state index in [-0.39, 0.29) is 16.4 Å². The van der Waals surface area contributed by atoms with Crippen LogP contribution in [0.5, 0.6) is 0 Å². The first-order valence-corrected chi connectivity index (χ1v) is 6.18. The number of benzene rings is 1. The molecule has 1 fully saturated rings. The van der Waals surface area contributed by atoms with Gasteiger partial charge in [0.1, 0.15) is 0 Å². The molecule has 3 rings (SSSR count). The summed E-state index contributed by atoms with van der Waals surface area (Å²) in [7, 11) is 0. The Labute approximate surface area is 102 Å². The van der Waals surface area contributed by atoms with Crippen LogP contribution >= 0.6 is 11.8 Å². The number of carbonyl (C=O) groups is 2. The molecule has 1 aliphatic rings. The zero-order chi connectivity index (χ0) is 11.8. The van der Waals surface area contributed by atoms with Crippen molar-refractivity contribution in [2.75, 3.05) is 0 Å². The van der Waals surface area contributed by atoms with Crippen LogP contribution in [0.1, 0.15) is 5.56 Å². The van der Waals surface area contributed by atoms with Crippen LogP contribution in [0.4, 0.5) is 4.79 Å². The summed E-state index contributed by atoms with van der Waals surface area (Å²) in [5.74, 6) is -0.187. The van der Waals surface area contributed by atoms with E-state index in [9.17, 15) is 9.59 Å². The summed E-state index contributed by atoms with van der Waals surface area (Å²) in [6.07, 6.45) is 2.46. The minimum Gasteiger partial charge on any atom is -0.361 e. The summed E-state index contributed by atoms with van der Waals surface area (Å²) >= 11 is 1.07. The Kier molecular flexibility index (Phi) is 2.40. The van der Waals surface area contributed by atoms with Gasteiger partial charge in [0.25, 0.3) is 5.24 Å². The van der Waals surface area contributed by atoms with Gasteiger partial charge in [0.2, 0.25) is 5.91 Å². The van der Waals surface area contributed by atoms with Crippen molar-refractivity contribution < 1.29 is 9.59 Å². The first-order chi connectivity index (χ1) is 8.24. The molecule has 1 unspecified atom stereocenters. The van der Waals surface area contributed by atoms with Gasteiger partial charge in [-0.05, 0) is 24.1 Å². The van der Waals surface area contributed by atoms with Crippen molar-refractivity contribution in [2.45, 2.75) is 11.7 Å². The Hall–Kier alpha value is -1.75. The summed E-state index contributed by atoms with van der Waals surface area (Å²) in [6.45, 7) is 0. The number of H-pyrrole nitrogens is 1. The molecule has 0 aliphatic carbocycles. The summed E-state index contributed by atoms with van der Waals surface area (Å²) < 4.78 is 0. The molecule has 2 heterocycles. The lowest BCUT2D eigenvalue weighted by Crippen LogP contribution is -2.25. The molecule has 2 N–H and O–H groups in total. The van der Waals surface area contributed by atoms with E-state index in [0.717, 1.165) is 28.2 Å². The first kappa shape index (κ1) is 10.4. The zero-order valence-corrected chi connectivity index (χ0v) is 9.71. The van der Waals surface area contributed by atoms with Gasteiger partial charge in [-0.25, -0.2) is 0 Å². The highest BCUT2D eigenvalue weighted by Crippen LogP contribution is 2.26. The fourth-order valence-electron chi connectivity index (χ4n) is 2.06. The maximum absolute atomic E-state index is 11.5. The number of thioether (sulfide) groups is 1. The fraction of sp³-hybridized carbons (Fsp3) is 0.167. The van der Waals surface area contributed by atoms with Gasteiger partial charge in [0, 0.05) is 17.1 Å². The topological polar surface area (TPSA) is 62.0 Å². The van der Waals surface area contributed by atoms with Crippen LogP contribution in [-0.4, -0.2) is 21.4 Å². The Morgan fingerprint density at radius 3 is 2.88 bits per heavy atom. The molecule has 0 spiro atoms. The van der Waals surface area contributed by atoms with Crippen molar-refractivity contribution in [3.8, 4) is 0 Å². The van der Waals surface area contributed by atoms with Crippen LogP contribution in [0.2, 0.25) is 0 Å². The van der Waals surface area contributed by atoms with Gasteiger partial charge < -0.3 is 4.98 Å². The van der Waals surface area contributed by atoms with Gasteiger partial charge in [-0.2, -0.15) is 0 Å². The number of hydrogen-bond acceptors (Lipinski definition) is 3. The molecule has 4 nitrogen and oxygen atoms in total. The summed E-state index contributed by atoms with van der Waals surface area (Å²) in [5.41, 5.74) is 2.14. The maximum atomic E-state index is 11.5. The number of hydrogen-bond donors (Lipinski definition) is 2. The van der Waals surface area contributed by atoms with E-state index in [1.807, 2.05) is 30.5 Å². The molecule has 1 aliphatic heterocycles. The van der Waals surface area contributed by atoms with Crippen molar-refractivity contribution >= 4 is 33.8 Å². The summed E-state index contributed by atoms with van der Waals surface area (Å²) in [5, 5.41) is 2.87. The third-order valence-electron chi connectivity index (χ3n) is 2.86. The van der Waals surface area contributed by atoms with Gasteiger partial charge in [-0.3, -0.25) is 14.9 Å². The molecule has 1 aromatic carbocycles. The molecule has 1 atom stereocenters. The smallest absolute Gasteiger partial charge is 0.286 e. The minimum atomic E-state index is -0.303. The molecule has 1 saturated heterocycles. The van der Waals surface area contributed by atoms with Crippen LogP contribution < -0.4 is 5.32 Å². The van der Waals surface area contributed by atoms with Crippen molar-refractivity contribution in [2.24, 2.45) is 0 Å². The number of rotatable bonds is 2. The van der Waals surface area contributed by atoms with Crippen LogP contribution in [0.25, 0.3) is 10.9 Å². The van der Waals surface area contributed by atoms with Crippen LogP contribution in [0.15, 0.2) is 30.5 Å². The van der Waals surface area contributed by atoms with Crippen LogP contribution in [0.3, 0.4) is 0 Å². The lowest BCUT2D eigenvalue weighted by Gasteiger charge is -2.06. The fourth-order valence-corrected chi connectivity index (χ4v) is 2.90. The maximum Gasteiger partial charge on any atom is 0.286 e. The van der Waals surface area contributed by atoms with Gasteiger partial charge in [0.15, 0.2) is 0 Å². The first-order valence-electron chi connectivity index (χ1n) is 5.30. The average Bonchev–Trinajstić information content (AvgIpc) is 2.87. The highest BCUT2D eigenvalue weighted by atomic mass is 32.2. The molecular weight excluding hydrogens is 236 g/mol. The molecule has 5 heteroatoms. The van der Waals surface area contributed by atoms with Gasteiger partial charge in [-0.15, -0.1) is 0 Å². The largest absolute Gasteiger partial charge is 0.361 e. The Morgan fingerprint density at radius 2 is 2.12 bits per heavy atom. The number of amides is 2. The number of nitrogens with one attached hydrogen (secondary N) is 2. The van der Waals surface area contributed by atoms with E-state index in [2.05, 4.69) is 10.3 Å². The number of aromatic amines is 1. The summed E-state index contributed by atoms with van der Waals surface area (Å²) in [6, 6.07) is 7.93. The standard InChI is InChI=1S/C12H10N2O2S/c15-11-10(17-12(16)14-11)6-7-2-1-3-9-8(7)4-5-13-9/h1-5,10,13H,6H2,(H,14,15,16). The Bertz CT molecular complexity index is 605. The van der Waals surface area contributed by atoms with E-state index < -0.39 is 0 Å². The summed E-state index contributed by atoms with van der Waals surface area (Å²) in [4.78, 5) is 25.7. The predicted octanol–water partition coefficient (Wildman–Crippen LogP) is 2.06. The van der Waals surface area contributed by atoms with E-state index in [0.29, 0.717) is 6.42 Å². The molecule has 1 aromatic heterocycles. The van der Waals surface area contributed by atoms with Crippen LogP contribution in [0, 0.1) is 0 Å². The average molecular weight is 246 g/mol. The normalized spacial score (nSPS) is 19.9. The van der Waals surface area contributed by atoms with E-state index in [1.54, 1.807) is 0 Å². The number of aromatic nitrogens is 1. The minimum absolute atomic E-state index is 0.187. The molecule has 0 saturated carbocycles. The van der Waals surface area contributed by atoms with E-state index in [1.165, 1.54) is 0 Å². The second-order valence-electron chi connectivity index (χ2n) is 3.94. The van der Waals surface area contributed by atoms with Crippen molar-refractivity contribution in [3.63, 3.8) is 0 Å². The molecule has 0 bridgehead atoms. The predicted molar refractivity (Wildman–Crippen MR) is 66.9 cm³/mol. The molecule has 17 heavy (non-hydrogen) atoms. The van der Waals surface area contributed by atoms with E-state index in [4.69, 9.17) is 0 Å². The zero-order valence-electron chi connectivity index (χ0n) is 8.90. The van der Waals surface area contributed by atoms with Gasteiger partial charge in [0.05, 0.1) is 5.25 Å². The number of imide groups is 1. The highest BCUT2D eigenvalue weighted by Gasteiger charge is 2.31. The number of carbonyl (C=O) groups excluding carboxylic acids is 2. The van der Waals surface area contributed by atoms with Crippen molar-refractivity contribution in [1.82, 2.24) is 10.3 Å². The molecule has 2 aromatic rings. The van der Waals surface area contributed by atoms with Crippen LogP contribution in [-0.2, 0) is 11.2 Å². The third kappa shape index (κ3) is 1.82. The Balaban J connectivity index is 1.92. The molecule has 2 amide bonds. The second kappa shape index (κ2) is 3.92. The Morgan fingerprint density at radius 1 is 1.24 bits per heavy atom. The van der Waals surface area contributed by atoms with Gasteiger partial charge in [-0.1, -0.05) is 23.9 Å². The molecular formula is C12H10N2O2S. The van der Waals surface area contributed by atoms with Crippen molar-refractivity contribution in [1.29, 1.82) is 0 Å². The lowest BCUT2D eigenvalue weighted by molar-refractivity contribution is -0.118. The highest BCUT2D eigenvalue weighted by molar-refractivity contribution is 8.15. The molecule has 0 radical (unpaired) electrons. The SMILES string of the molecule is O=C1NC(=O)C(Cc2cccc3[nH]ccc23)S1. The molecule has 86 valence electrons.